The van der Waals surface area contributed by atoms with E-state index >= 15 is 0 Å². The molecule has 1 N–H and O–H groups in total. The van der Waals surface area contributed by atoms with Gasteiger partial charge >= 0.3 is 0 Å². The molecule has 0 amide bonds. The Bertz CT molecular complexity index is 779. The summed E-state index contributed by atoms with van der Waals surface area (Å²) in [5, 5.41) is 6.92. The van der Waals surface area contributed by atoms with E-state index in [2.05, 4.69) is 32.7 Å². The van der Waals surface area contributed by atoms with Gasteiger partial charge in [0.05, 0.1) is 18.5 Å². The molecule has 5 nitrogen and oxygen atoms in total. The van der Waals surface area contributed by atoms with Crippen LogP contribution in [0.15, 0.2) is 52.7 Å². The highest BCUT2D eigenvalue weighted by Gasteiger charge is 2.19. The molecule has 1 saturated heterocycles. The summed E-state index contributed by atoms with van der Waals surface area (Å²) in [5.41, 5.74) is 2.26. The molecule has 1 aliphatic rings. The van der Waals surface area contributed by atoms with E-state index in [0.29, 0.717) is 6.04 Å². The molecular weight excluding hydrogens is 344 g/mol. The summed E-state index contributed by atoms with van der Waals surface area (Å²) in [5.74, 6) is 1.06. The maximum absolute atomic E-state index is 5.44. The number of piperidine rings is 1. The molecule has 1 aliphatic heterocycles. The average molecular weight is 369 g/mol. The first-order chi connectivity index (χ1) is 12.9. The molecule has 0 unspecified atom stereocenters. The topological polar surface area (TPSA) is 54.2 Å². The Balaban J connectivity index is 1.18. The molecule has 3 aromatic rings. The summed E-state index contributed by atoms with van der Waals surface area (Å²) in [6, 6.07) is 8.64. The molecule has 4 heterocycles. The Morgan fingerprint density at radius 3 is 2.92 bits per heavy atom. The number of aromatic nitrogens is 2. The van der Waals surface area contributed by atoms with Gasteiger partial charge in [0.2, 0.25) is 0 Å². The third-order valence-electron chi connectivity index (χ3n) is 4.82. The molecule has 6 heteroatoms. The van der Waals surface area contributed by atoms with Gasteiger partial charge in [-0.3, -0.25) is 9.88 Å². The van der Waals surface area contributed by atoms with E-state index in [4.69, 9.17) is 9.40 Å². The van der Waals surface area contributed by atoms with Crippen LogP contribution in [0.1, 0.15) is 24.3 Å². The van der Waals surface area contributed by atoms with E-state index in [1.807, 2.05) is 18.3 Å². The van der Waals surface area contributed by atoms with Crippen LogP contribution in [-0.2, 0) is 13.0 Å². The van der Waals surface area contributed by atoms with Crippen LogP contribution in [0.25, 0.3) is 10.6 Å². The van der Waals surface area contributed by atoms with E-state index in [1.165, 1.54) is 12.8 Å². The Kier molecular flexibility index (Phi) is 5.74. The summed E-state index contributed by atoms with van der Waals surface area (Å²) >= 11 is 1.70. The second-order valence-electron chi connectivity index (χ2n) is 6.72. The third-order valence-corrected chi connectivity index (χ3v) is 5.76. The number of hydrogen-bond donors (Lipinski definition) is 1. The van der Waals surface area contributed by atoms with Crippen LogP contribution >= 0.6 is 11.3 Å². The van der Waals surface area contributed by atoms with Crippen LogP contribution in [0, 0.1) is 0 Å². The molecule has 0 aromatic carbocycles. The number of hydrogen-bond acceptors (Lipinski definition) is 6. The summed E-state index contributed by atoms with van der Waals surface area (Å²) < 4.78 is 5.44. The molecule has 26 heavy (non-hydrogen) atoms. The lowest BCUT2D eigenvalue weighted by atomic mass is 10.0. The second kappa shape index (κ2) is 8.58. The maximum Gasteiger partial charge on any atom is 0.125 e. The summed E-state index contributed by atoms with van der Waals surface area (Å²) in [4.78, 5) is 11.4. The second-order valence-corrected chi connectivity index (χ2v) is 7.58. The van der Waals surface area contributed by atoms with Crippen LogP contribution in [0.2, 0.25) is 0 Å². The van der Waals surface area contributed by atoms with Gasteiger partial charge in [-0.2, -0.15) is 0 Å². The zero-order chi connectivity index (χ0) is 17.6. The maximum atomic E-state index is 5.44. The fraction of sp³-hybridized carbons (Fsp3) is 0.400. The lowest BCUT2D eigenvalue weighted by molar-refractivity contribution is 0.179. The largest absolute Gasteiger partial charge is 0.468 e. The van der Waals surface area contributed by atoms with Crippen LogP contribution in [0.5, 0.6) is 0 Å². The van der Waals surface area contributed by atoms with Gasteiger partial charge < -0.3 is 9.73 Å². The summed E-state index contributed by atoms with van der Waals surface area (Å²) in [6.07, 6.45) is 8.78. The number of nitrogens with zero attached hydrogens (tertiary/aromatic N) is 3. The van der Waals surface area contributed by atoms with E-state index in [9.17, 15) is 0 Å². The molecule has 1 fully saturated rings. The summed E-state index contributed by atoms with van der Waals surface area (Å²) in [6.45, 7) is 4.16. The Morgan fingerprint density at radius 2 is 2.15 bits per heavy atom. The van der Waals surface area contributed by atoms with Crippen molar-refractivity contribution < 1.29 is 4.42 Å². The fourth-order valence-electron chi connectivity index (χ4n) is 3.37. The first-order valence-corrected chi connectivity index (χ1v) is 10.1. The highest BCUT2D eigenvalue weighted by molar-refractivity contribution is 7.13. The first kappa shape index (κ1) is 17.4. The minimum Gasteiger partial charge on any atom is -0.468 e. The monoisotopic (exact) mass is 368 g/mol. The SMILES string of the molecule is c1cncc(-c2nc(CCNC3CCN(Cc4ccco4)CC3)cs2)c1. The van der Waals surface area contributed by atoms with E-state index in [0.717, 1.165) is 54.6 Å². The van der Waals surface area contributed by atoms with Crippen molar-refractivity contribution in [2.24, 2.45) is 0 Å². The molecule has 136 valence electrons. The zero-order valence-electron chi connectivity index (χ0n) is 14.8. The quantitative estimate of drug-likeness (QED) is 0.691. The van der Waals surface area contributed by atoms with Crippen molar-refractivity contribution >= 4 is 11.3 Å². The Hall–Kier alpha value is -2.02. The highest BCUT2D eigenvalue weighted by Crippen LogP contribution is 2.22. The summed E-state index contributed by atoms with van der Waals surface area (Å²) in [7, 11) is 0. The van der Waals surface area contributed by atoms with Crippen LogP contribution in [-0.4, -0.2) is 40.5 Å². The molecule has 0 aliphatic carbocycles. The molecule has 0 radical (unpaired) electrons. The Labute approximate surface area is 158 Å². The van der Waals surface area contributed by atoms with Gasteiger partial charge in [0.25, 0.3) is 0 Å². The van der Waals surface area contributed by atoms with Crippen molar-refractivity contribution in [2.75, 3.05) is 19.6 Å². The van der Waals surface area contributed by atoms with Gasteiger partial charge in [-0.05, 0) is 37.1 Å². The van der Waals surface area contributed by atoms with E-state index in [-0.39, 0.29) is 0 Å². The fourth-order valence-corrected chi connectivity index (χ4v) is 4.21. The van der Waals surface area contributed by atoms with Gasteiger partial charge in [0.1, 0.15) is 10.8 Å². The number of rotatable bonds is 7. The van der Waals surface area contributed by atoms with Crippen molar-refractivity contribution in [3.8, 4) is 10.6 Å². The van der Waals surface area contributed by atoms with Crippen molar-refractivity contribution in [1.29, 1.82) is 0 Å². The number of nitrogens with one attached hydrogen (secondary N) is 1. The van der Waals surface area contributed by atoms with E-state index < -0.39 is 0 Å². The third kappa shape index (κ3) is 4.58. The first-order valence-electron chi connectivity index (χ1n) is 9.20. The van der Waals surface area contributed by atoms with Crippen LogP contribution < -0.4 is 5.32 Å². The molecule has 0 saturated carbocycles. The van der Waals surface area contributed by atoms with Crippen LogP contribution in [0.3, 0.4) is 0 Å². The molecule has 0 atom stereocenters. The minimum absolute atomic E-state index is 0.610. The Morgan fingerprint density at radius 1 is 1.23 bits per heavy atom. The molecule has 0 bridgehead atoms. The minimum atomic E-state index is 0.610. The van der Waals surface area contributed by atoms with Gasteiger partial charge in [-0.15, -0.1) is 11.3 Å². The number of pyridine rings is 1. The lowest BCUT2D eigenvalue weighted by Crippen LogP contribution is -2.42. The molecule has 3 aromatic heterocycles. The predicted octanol–water partition coefficient (Wildman–Crippen LogP) is 3.59. The van der Waals surface area contributed by atoms with Crippen LogP contribution in [0.4, 0.5) is 0 Å². The van der Waals surface area contributed by atoms with E-state index in [1.54, 1.807) is 23.8 Å². The number of likely N-dealkylation sites (tertiary alicyclic amines) is 1. The van der Waals surface area contributed by atoms with Crippen molar-refractivity contribution in [3.63, 3.8) is 0 Å². The molecular formula is C20H24N4OS. The highest BCUT2D eigenvalue weighted by atomic mass is 32.1. The van der Waals surface area contributed by atoms with Crippen molar-refractivity contribution in [1.82, 2.24) is 20.2 Å². The van der Waals surface area contributed by atoms with Crippen molar-refractivity contribution in [3.05, 3.63) is 59.8 Å². The standard InChI is InChI=1S/C20H24N4OS/c1-3-16(13-21-8-1)20-23-18(15-26-20)5-9-22-17-6-10-24(11-7-17)14-19-4-2-12-25-19/h1-4,8,12-13,15,17,22H,5-7,9-11,14H2. The van der Waals surface area contributed by atoms with Gasteiger partial charge in [0, 0.05) is 55.4 Å². The lowest BCUT2D eigenvalue weighted by Gasteiger charge is -2.31. The molecule has 4 rings (SSSR count). The number of thiazole rings is 1. The average Bonchev–Trinajstić information content (AvgIpc) is 3.36. The van der Waals surface area contributed by atoms with Gasteiger partial charge in [0.15, 0.2) is 0 Å². The number of furan rings is 1. The zero-order valence-corrected chi connectivity index (χ0v) is 15.6. The smallest absolute Gasteiger partial charge is 0.125 e. The van der Waals surface area contributed by atoms with Crippen molar-refractivity contribution in [2.45, 2.75) is 31.8 Å². The molecule has 0 spiro atoms. The van der Waals surface area contributed by atoms with Gasteiger partial charge in [-0.1, -0.05) is 0 Å². The normalized spacial score (nSPS) is 16.2. The van der Waals surface area contributed by atoms with Gasteiger partial charge in [-0.25, -0.2) is 4.98 Å². The predicted molar refractivity (Wildman–Crippen MR) is 104 cm³/mol.